The van der Waals surface area contributed by atoms with Gasteiger partial charge in [-0.3, -0.25) is 13.8 Å². The number of allylic oxidation sites excluding steroid dienone is 5. The molecule has 0 rings (SSSR count). The van der Waals surface area contributed by atoms with E-state index >= 15 is 0 Å². The van der Waals surface area contributed by atoms with Gasteiger partial charge in [0.1, 0.15) is 0 Å². The summed E-state index contributed by atoms with van der Waals surface area (Å²) in [5, 5.41) is 13.5. The van der Waals surface area contributed by atoms with Crippen molar-refractivity contribution >= 4 is 13.7 Å². The zero-order chi connectivity index (χ0) is 34.0. The average Bonchev–Trinajstić information content (AvgIpc) is 3.04. The molecule has 8 nitrogen and oxygen atoms in total. The van der Waals surface area contributed by atoms with Crippen molar-refractivity contribution in [1.82, 2.24) is 5.32 Å². The van der Waals surface area contributed by atoms with Crippen LogP contribution in [0.15, 0.2) is 36.5 Å². The highest BCUT2D eigenvalue weighted by Gasteiger charge is 2.26. The monoisotopic (exact) mass is 671 g/mol. The first kappa shape index (κ1) is 44.7. The summed E-state index contributed by atoms with van der Waals surface area (Å²) in [4.78, 5) is 22.5. The molecule has 0 aromatic rings. The van der Waals surface area contributed by atoms with Gasteiger partial charge >= 0.3 is 7.82 Å². The molecule has 9 heteroatoms. The molecule has 270 valence electrons. The van der Waals surface area contributed by atoms with Crippen LogP contribution >= 0.6 is 7.82 Å². The van der Waals surface area contributed by atoms with Crippen LogP contribution in [0.1, 0.15) is 162 Å². The first-order valence-electron chi connectivity index (χ1n) is 18.6. The molecule has 0 fully saturated rings. The van der Waals surface area contributed by atoms with Gasteiger partial charge in [-0.2, -0.15) is 0 Å². The van der Waals surface area contributed by atoms with Gasteiger partial charge in [0.2, 0.25) is 5.91 Å². The average molecular weight is 671 g/mol. The minimum Gasteiger partial charge on any atom is -0.387 e. The molecule has 5 N–H and O–H groups in total. The molecule has 3 atom stereocenters. The number of rotatable bonds is 34. The first-order chi connectivity index (χ1) is 22.4. The Hall–Kier alpha value is -1.28. The molecule has 0 heterocycles. The molecule has 0 bridgehead atoms. The maximum atomic E-state index is 12.7. The van der Waals surface area contributed by atoms with Gasteiger partial charge in [-0.1, -0.05) is 134 Å². The molecule has 0 aromatic carbocycles. The van der Waals surface area contributed by atoms with Gasteiger partial charge in [0.25, 0.3) is 0 Å². The number of amides is 1. The van der Waals surface area contributed by atoms with E-state index in [2.05, 4.69) is 43.5 Å². The summed E-state index contributed by atoms with van der Waals surface area (Å²) in [5.41, 5.74) is 5.34. The maximum Gasteiger partial charge on any atom is 0.472 e. The van der Waals surface area contributed by atoms with Crippen LogP contribution in [0, 0.1) is 0 Å². The molecule has 0 aromatic heterocycles. The van der Waals surface area contributed by atoms with Crippen molar-refractivity contribution in [2.75, 3.05) is 19.8 Å². The first-order valence-corrected chi connectivity index (χ1v) is 20.1. The molecule has 0 aliphatic heterocycles. The summed E-state index contributed by atoms with van der Waals surface area (Å²) in [6.07, 6.45) is 37.7. The molecule has 3 unspecified atom stereocenters. The van der Waals surface area contributed by atoms with Crippen LogP contribution in [0.3, 0.4) is 0 Å². The van der Waals surface area contributed by atoms with E-state index in [4.69, 9.17) is 14.8 Å². The fourth-order valence-electron chi connectivity index (χ4n) is 5.08. The number of carbonyl (C=O) groups excluding carboxylic acids is 1. The smallest absolute Gasteiger partial charge is 0.387 e. The van der Waals surface area contributed by atoms with Crippen LogP contribution in [-0.2, 0) is 18.4 Å². The predicted molar refractivity (Wildman–Crippen MR) is 194 cm³/mol. The number of phosphoric ester groups is 1. The number of aliphatic hydroxyl groups is 1. The second-order valence-corrected chi connectivity index (χ2v) is 13.9. The molecule has 46 heavy (non-hydrogen) atoms. The number of hydrogen-bond acceptors (Lipinski definition) is 6. The van der Waals surface area contributed by atoms with Crippen molar-refractivity contribution in [2.24, 2.45) is 5.73 Å². The zero-order valence-electron chi connectivity index (χ0n) is 29.6. The standard InChI is InChI=1S/C37H71N2O6P/c1-3-5-7-9-11-13-15-16-17-18-19-20-21-23-25-27-29-31-37(41)39-35(34-45-46(42,43)44-33-32-38)36(40)30-28-26-24-22-14-12-10-8-6-4-2/h14,16-17,22,28,30,35-36,40H,3-13,15,18-21,23-27,29,31-34,38H2,1-2H3,(H,39,41)(H,42,43)/b17-16-,22-14+,30-28+. The van der Waals surface area contributed by atoms with Crippen molar-refractivity contribution in [3.63, 3.8) is 0 Å². The topological polar surface area (TPSA) is 131 Å². The normalized spacial score (nSPS) is 14.8. The fraction of sp³-hybridized carbons (Fsp3) is 0.811. The molecule has 0 radical (unpaired) electrons. The lowest BCUT2D eigenvalue weighted by atomic mass is 10.1. The highest BCUT2D eigenvalue weighted by atomic mass is 31.2. The lowest BCUT2D eigenvalue weighted by Gasteiger charge is -2.23. The third-order valence-corrected chi connectivity index (χ3v) is 8.92. The van der Waals surface area contributed by atoms with Gasteiger partial charge in [0.15, 0.2) is 0 Å². The van der Waals surface area contributed by atoms with Gasteiger partial charge in [-0.05, 0) is 57.8 Å². The van der Waals surface area contributed by atoms with Crippen LogP contribution in [0.5, 0.6) is 0 Å². The zero-order valence-corrected chi connectivity index (χ0v) is 30.4. The number of nitrogens with two attached hydrogens (primary N) is 1. The predicted octanol–water partition coefficient (Wildman–Crippen LogP) is 9.61. The second-order valence-electron chi connectivity index (χ2n) is 12.4. The molecule has 0 saturated heterocycles. The summed E-state index contributed by atoms with van der Waals surface area (Å²) in [6.45, 7) is 4.05. The van der Waals surface area contributed by atoms with Gasteiger partial charge in [0, 0.05) is 13.0 Å². The van der Waals surface area contributed by atoms with Crippen molar-refractivity contribution in [1.29, 1.82) is 0 Å². The van der Waals surface area contributed by atoms with Gasteiger partial charge < -0.3 is 21.1 Å². The Morgan fingerprint density at radius 3 is 1.70 bits per heavy atom. The third-order valence-electron chi connectivity index (χ3n) is 7.94. The van der Waals surface area contributed by atoms with Crippen LogP contribution in [0.4, 0.5) is 0 Å². The number of aliphatic hydroxyl groups excluding tert-OH is 1. The van der Waals surface area contributed by atoms with E-state index in [1.807, 2.05) is 6.08 Å². The summed E-state index contributed by atoms with van der Waals surface area (Å²) < 4.78 is 22.0. The number of phosphoric acid groups is 1. The van der Waals surface area contributed by atoms with E-state index in [0.29, 0.717) is 6.42 Å². The number of nitrogens with one attached hydrogen (secondary N) is 1. The van der Waals surface area contributed by atoms with E-state index in [0.717, 1.165) is 38.5 Å². The summed E-state index contributed by atoms with van der Waals surface area (Å²) in [7, 11) is -4.34. The van der Waals surface area contributed by atoms with Gasteiger partial charge in [-0.15, -0.1) is 0 Å². The Morgan fingerprint density at radius 1 is 0.696 bits per heavy atom. The molecular weight excluding hydrogens is 599 g/mol. The van der Waals surface area contributed by atoms with Crippen molar-refractivity contribution in [3.8, 4) is 0 Å². The van der Waals surface area contributed by atoms with Crippen LogP contribution in [0.25, 0.3) is 0 Å². The minimum atomic E-state index is -4.34. The Kier molecular flexibility index (Phi) is 32.7. The lowest BCUT2D eigenvalue weighted by Crippen LogP contribution is -2.45. The molecular formula is C37H71N2O6P. The second kappa shape index (κ2) is 33.6. The minimum absolute atomic E-state index is 0.0727. The van der Waals surface area contributed by atoms with E-state index < -0.39 is 20.0 Å². The molecule has 0 saturated carbocycles. The highest BCUT2D eigenvalue weighted by Crippen LogP contribution is 2.43. The Morgan fingerprint density at radius 2 is 1.15 bits per heavy atom. The summed E-state index contributed by atoms with van der Waals surface area (Å²) in [6, 6.07) is -0.875. The van der Waals surface area contributed by atoms with E-state index in [9.17, 15) is 19.4 Å². The van der Waals surface area contributed by atoms with Gasteiger partial charge in [-0.25, -0.2) is 4.57 Å². The van der Waals surface area contributed by atoms with E-state index in [1.54, 1.807) is 6.08 Å². The highest BCUT2D eigenvalue weighted by molar-refractivity contribution is 7.47. The summed E-state index contributed by atoms with van der Waals surface area (Å²) >= 11 is 0. The van der Waals surface area contributed by atoms with Crippen LogP contribution in [-0.4, -0.2) is 47.8 Å². The van der Waals surface area contributed by atoms with E-state index in [-0.39, 0.29) is 25.7 Å². The van der Waals surface area contributed by atoms with Crippen LogP contribution < -0.4 is 11.1 Å². The Bertz CT molecular complexity index is 820. The van der Waals surface area contributed by atoms with Crippen molar-refractivity contribution in [2.45, 2.75) is 174 Å². The summed E-state index contributed by atoms with van der Waals surface area (Å²) in [5.74, 6) is -0.213. The quantitative estimate of drug-likeness (QED) is 0.0305. The molecule has 1 amide bonds. The number of hydrogen-bond donors (Lipinski definition) is 4. The maximum absolute atomic E-state index is 12.7. The van der Waals surface area contributed by atoms with Crippen LogP contribution in [0.2, 0.25) is 0 Å². The fourth-order valence-corrected chi connectivity index (χ4v) is 5.84. The number of carbonyl (C=O) groups is 1. The molecule has 0 spiro atoms. The Balaban J connectivity index is 4.30. The largest absolute Gasteiger partial charge is 0.472 e. The molecule has 0 aliphatic carbocycles. The Labute approximate surface area is 282 Å². The van der Waals surface area contributed by atoms with E-state index in [1.165, 1.54) is 103 Å². The number of unbranched alkanes of at least 4 members (excludes halogenated alkanes) is 18. The van der Waals surface area contributed by atoms with Crippen molar-refractivity contribution in [3.05, 3.63) is 36.5 Å². The van der Waals surface area contributed by atoms with Crippen molar-refractivity contribution < 1.29 is 28.4 Å². The SMILES string of the molecule is CCCCCC/C=C/CC/C=C/C(O)C(COP(=O)(O)OCCN)NC(=O)CCCCCCCCC/C=C\CCCCCCCC. The third kappa shape index (κ3) is 31.3. The van der Waals surface area contributed by atoms with Gasteiger partial charge in [0.05, 0.1) is 25.4 Å². The lowest BCUT2D eigenvalue weighted by molar-refractivity contribution is -0.123. The molecule has 0 aliphatic rings.